The zero-order chi connectivity index (χ0) is 8.32. The molecule has 0 aliphatic heterocycles. The van der Waals surface area contributed by atoms with E-state index >= 15 is 0 Å². The third-order valence-corrected chi connectivity index (χ3v) is 1.11. The highest BCUT2D eigenvalue weighted by Gasteiger charge is 1.95. The van der Waals surface area contributed by atoms with Crippen molar-refractivity contribution < 1.29 is 7.85 Å². The highest BCUT2D eigenvalue weighted by atomic mass is 16.3. The summed E-state index contributed by atoms with van der Waals surface area (Å²) >= 11 is 0. The lowest BCUT2D eigenvalue weighted by molar-refractivity contribution is 0.199. The van der Waals surface area contributed by atoms with Gasteiger partial charge in [0.2, 0.25) is 0 Å². The summed E-state index contributed by atoms with van der Waals surface area (Å²) in [5.74, 6) is 0. The SMILES string of the molecule is [2H]CC([2H])(O)c1ccccc1. The van der Waals surface area contributed by atoms with Gasteiger partial charge in [0.15, 0.2) is 0 Å². The van der Waals surface area contributed by atoms with E-state index < -0.39 is 6.08 Å². The first-order valence-corrected chi connectivity index (χ1v) is 2.74. The molecule has 1 unspecified atom stereocenters. The second-order valence-electron chi connectivity index (χ2n) is 1.81. The molecule has 1 atom stereocenters. The third-order valence-electron chi connectivity index (χ3n) is 1.11. The van der Waals surface area contributed by atoms with Gasteiger partial charge in [0.25, 0.3) is 0 Å². The van der Waals surface area contributed by atoms with Crippen molar-refractivity contribution in [1.82, 2.24) is 0 Å². The first-order chi connectivity index (χ1) is 5.17. The van der Waals surface area contributed by atoms with Crippen LogP contribution in [-0.2, 0) is 0 Å². The van der Waals surface area contributed by atoms with E-state index in [1.54, 1.807) is 24.3 Å². The molecule has 0 bridgehead atoms. The first kappa shape index (κ1) is 4.07. The molecule has 0 saturated heterocycles. The van der Waals surface area contributed by atoms with Crippen LogP contribution in [0.5, 0.6) is 0 Å². The molecule has 1 N–H and O–H groups in total. The normalized spacial score (nSPS) is 19.7. The summed E-state index contributed by atoms with van der Waals surface area (Å²) in [6.07, 6.45) is -1.75. The van der Waals surface area contributed by atoms with E-state index in [2.05, 4.69) is 0 Å². The minimum atomic E-state index is -1.75. The molecular weight excluding hydrogens is 112 g/mol. The Morgan fingerprint density at radius 3 is 2.78 bits per heavy atom. The smallest absolute Gasteiger partial charge is 0.0761 e. The van der Waals surface area contributed by atoms with Gasteiger partial charge >= 0.3 is 0 Å². The van der Waals surface area contributed by atoms with Crippen molar-refractivity contribution in [2.75, 3.05) is 0 Å². The van der Waals surface area contributed by atoms with Crippen molar-refractivity contribution in [1.29, 1.82) is 0 Å². The summed E-state index contributed by atoms with van der Waals surface area (Å²) in [5.41, 5.74) is 0.468. The van der Waals surface area contributed by atoms with E-state index in [1.807, 2.05) is 6.07 Å². The quantitative estimate of drug-likeness (QED) is 0.604. The second kappa shape index (κ2) is 2.65. The van der Waals surface area contributed by atoms with Crippen LogP contribution in [0.3, 0.4) is 0 Å². The number of aliphatic hydroxyl groups is 1. The van der Waals surface area contributed by atoms with Crippen LogP contribution in [0.1, 0.15) is 21.3 Å². The van der Waals surface area contributed by atoms with E-state index in [0.29, 0.717) is 5.56 Å². The van der Waals surface area contributed by atoms with Crippen LogP contribution >= 0.6 is 0 Å². The molecule has 0 amide bonds. The molecule has 0 aromatic heterocycles. The van der Waals surface area contributed by atoms with Crippen LogP contribution in [0.2, 0.25) is 0 Å². The summed E-state index contributed by atoms with van der Waals surface area (Å²) in [4.78, 5) is 0. The number of benzene rings is 1. The molecule has 48 valence electrons. The molecule has 0 fully saturated rings. The van der Waals surface area contributed by atoms with Crippen molar-refractivity contribution in [2.45, 2.75) is 13.0 Å². The van der Waals surface area contributed by atoms with E-state index in [0.717, 1.165) is 0 Å². The number of rotatable bonds is 1. The van der Waals surface area contributed by atoms with Crippen LogP contribution in [0.15, 0.2) is 30.3 Å². The highest BCUT2D eigenvalue weighted by Crippen LogP contribution is 2.08. The zero-order valence-electron chi connectivity index (χ0n) is 7.04. The highest BCUT2D eigenvalue weighted by molar-refractivity contribution is 5.16. The van der Waals surface area contributed by atoms with E-state index in [4.69, 9.17) is 2.74 Å². The average molecular weight is 124 g/mol. The van der Waals surface area contributed by atoms with Crippen molar-refractivity contribution in [3.8, 4) is 0 Å². The average Bonchev–Trinajstić information content (AvgIpc) is 2.06. The monoisotopic (exact) mass is 124 g/mol. The Hall–Kier alpha value is -0.820. The molecule has 1 aromatic carbocycles. The molecule has 1 nitrogen and oxygen atoms in total. The van der Waals surface area contributed by atoms with E-state index in [9.17, 15) is 5.11 Å². The topological polar surface area (TPSA) is 20.2 Å². The van der Waals surface area contributed by atoms with Crippen LogP contribution in [0, 0.1) is 0 Å². The fraction of sp³-hybridized carbons (Fsp3) is 0.250. The lowest BCUT2D eigenvalue weighted by Crippen LogP contribution is -1.87. The fourth-order valence-corrected chi connectivity index (χ4v) is 0.631. The van der Waals surface area contributed by atoms with Gasteiger partial charge in [-0.1, -0.05) is 30.3 Å². The zero-order valence-corrected chi connectivity index (χ0v) is 5.04. The van der Waals surface area contributed by atoms with Crippen molar-refractivity contribution in [3.05, 3.63) is 35.9 Å². The van der Waals surface area contributed by atoms with E-state index in [1.165, 1.54) is 0 Å². The van der Waals surface area contributed by atoms with Crippen LogP contribution in [-0.4, -0.2) is 5.11 Å². The standard InChI is InChI=1S/C8H10O/c1-7(9)8-5-3-2-4-6-8/h2-7,9H,1H3/i1D,7D. The van der Waals surface area contributed by atoms with E-state index in [-0.39, 0.29) is 6.90 Å². The Bertz CT molecular complexity index is 221. The maximum absolute atomic E-state index is 9.27. The van der Waals surface area contributed by atoms with Crippen LogP contribution in [0.4, 0.5) is 0 Å². The Morgan fingerprint density at radius 2 is 2.22 bits per heavy atom. The van der Waals surface area contributed by atoms with Crippen LogP contribution < -0.4 is 0 Å². The number of hydrogen-bond acceptors (Lipinski definition) is 1. The van der Waals surface area contributed by atoms with Gasteiger partial charge in [0.1, 0.15) is 0 Å². The molecule has 0 heterocycles. The summed E-state index contributed by atoms with van der Waals surface area (Å²) in [7, 11) is 0. The van der Waals surface area contributed by atoms with Gasteiger partial charge in [-0.05, 0) is 12.5 Å². The molecular formula is C8H10O. The Kier molecular flexibility index (Phi) is 1.20. The second-order valence-corrected chi connectivity index (χ2v) is 1.81. The molecule has 9 heavy (non-hydrogen) atoms. The molecule has 0 aliphatic carbocycles. The molecule has 1 heteroatoms. The predicted molar refractivity (Wildman–Crippen MR) is 37.1 cm³/mol. The Labute approximate surface area is 57.8 Å². The Morgan fingerprint density at radius 1 is 1.56 bits per heavy atom. The molecule has 0 radical (unpaired) electrons. The number of hydrogen-bond donors (Lipinski definition) is 1. The van der Waals surface area contributed by atoms with Gasteiger partial charge in [-0.15, -0.1) is 0 Å². The molecule has 1 rings (SSSR count). The lowest BCUT2D eigenvalue weighted by Gasteiger charge is -2.00. The Balaban J connectivity index is 2.93. The first-order valence-electron chi connectivity index (χ1n) is 3.94. The largest absolute Gasteiger partial charge is 0.389 e. The minimum Gasteiger partial charge on any atom is -0.389 e. The maximum Gasteiger partial charge on any atom is 0.0761 e. The van der Waals surface area contributed by atoms with Crippen molar-refractivity contribution >= 4 is 0 Å². The van der Waals surface area contributed by atoms with Gasteiger partial charge in [-0.2, -0.15) is 0 Å². The maximum atomic E-state index is 9.27. The van der Waals surface area contributed by atoms with Gasteiger partial charge in [0.05, 0.1) is 7.45 Å². The van der Waals surface area contributed by atoms with Gasteiger partial charge in [0, 0.05) is 1.37 Å². The van der Waals surface area contributed by atoms with Crippen molar-refractivity contribution in [3.63, 3.8) is 0 Å². The van der Waals surface area contributed by atoms with Crippen LogP contribution in [0.25, 0.3) is 0 Å². The summed E-state index contributed by atoms with van der Waals surface area (Å²) in [5, 5.41) is 9.27. The molecule has 0 saturated carbocycles. The minimum absolute atomic E-state index is 0.336. The third kappa shape index (κ3) is 1.54. The molecule has 0 spiro atoms. The summed E-state index contributed by atoms with van der Waals surface area (Å²) in [6.45, 7) is -0.336. The predicted octanol–water partition coefficient (Wildman–Crippen LogP) is 1.74. The van der Waals surface area contributed by atoms with Gasteiger partial charge < -0.3 is 5.11 Å². The summed E-state index contributed by atoms with van der Waals surface area (Å²) in [6, 6.07) is 8.57. The van der Waals surface area contributed by atoms with Crippen molar-refractivity contribution in [2.24, 2.45) is 0 Å². The molecule has 0 aliphatic rings. The molecule has 1 aromatic rings. The summed E-state index contributed by atoms with van der Waals surface area (Å²) < 4.78 is 14.2. The fourth-order valence-electron chi connectivity index (χ4n) is 0.631. The lowest BCUT2D eigenvalue weighted by atomic mass is 10.1. The van der Waals surface area contributed by atoms with Gasteiger partial charge in [-0.25, -0.2) is 0 Å². The van der Waals surface area contributed by atoms with Gasteiger partial charge in [-0.3, -0.25) is 0 Å².